The summed E-state index contributed by atoms with van der Waals surface area (Å²) in [5, 5.41) is 7.49. The Hall–Kier alpha value is -2.90. The van der Waals surface area contributed by atoms with Crippen molar-refractivity contribution in [3.8, 4) is 0 Å². The van der Waals surface area contributed by atoms with Gasteiger partial charge in [-0.3, -0.25) is 19.8 Å². The topological polar surface area (TPSA) is 108 Å². The Morgan fingerprint density at radius 1 is 1.26 bits per heavy atom. The van der Waals surface area contributed by atoms with Crippen LogP contribution in [-0.4, -0.2) is 41.9 Å². The van der Waals surface area contributed by atoms with E-state index in [-0.39, 0.29) is 5.92 Å². The van der Waals surface area contributed by atoms with Crippen LogP contribution in [0.1, 0.15) is 37.8 Å². The number of imide groups is 2. The SMILES string of the molecule is CC(C)CNC(=O)NC(=O)CN1C(=O)NC2(CCCc3ccccc32)C1=O. The summed E-state index contributed by atoms with van der Waals surface area (Å²) in [6.07, 6.45) is 2.10. The van der Waals surface area contributed by atoms with Crippen LogP contribution in [0.5, 0.6) is 0 Å². The molecular weight excluding hydrogens is 348 g/mol. The standard InChI is InChI=1S/C19H24N4O4/c1-12(2)10-20-17(26)21-15(24)11-23-16(25)19(22-18(23)27)9-5-7-13-6-3-4-8-14(13)19/h3-4,6,8,12H,5,7,9-11H2,1-2H3,(H,22,27)(H2,20,21,24,26). The number of aryl methyl sites for hydroxylation is 1. The zero-order chi connectivity index (χ0) is 19.6. The van der Waals surface area contributed by atoms with Gasteiger partial charge in [-0.1, -0.05) is 38.1 Å². The molecule has 0 radical (unpaired) electrons. The molecule has 0 saturated carbocycles. The predicted octanol–water partition coefficient (Wildman–Crippen LogP) is 1.25. The van der Waals surface area contributed by atoms with Crippen molar-refractivity contribution in [1.29, 1.82) is 0 Å². The number of amides is 6. The summed E-state index contributed by atoms with van der Waals surface area (Å²) >= 11 is 0. The van der Waals surface area contributed by atoms with E-state index < -0.39 is 36.0 Å². The third-order valence-electron chi connectivity index (χ3n) is 4.88. The van der Waals surface area contributed by atoms with Crippen LogP contribution < -0.4 is 16.0 Å². The van der Waals surface area contributed by atoms with Gasteiger partial charge < -0.3 is 10.6 Å². The van der Waals surface area contributed by atoms with Crippen LogP contribution in [0.3, 0.4) is 0 Å². The van der Waals surface area contributed by atoms with E-state index in [1.54, 1.807) is 0 Å². The van der Waals surface area contributed by atoms with Gasteiger partial charge in [0.05, 0.1) is 0 Å². The zero-order valence-electron chi connectivity index (χ0n) is 15.5. The van der Waals surface area contributed by atoms with E-state index in [0.29, 0.717) is 13.0 Å². The highest BCUT2D eigenvalue weighted by molar-refractivity contribution is 6.10. The number of nitrogens with zero attached hydrogens (tertiary/aromatic N) is 1. The number of nitrogens with one attached hydrogen (secondary N) is 3. The van der Waals surface area contributed by atoms with Gasteiger partial charge in [0.25, 0.3) is 5.91 Å². The Balaban J connectivity index is 1.71. The van der Waals surface area contributed by atoms with Crippen LogP contribution in [0.4, 0.5) is 9.59 Å². The van der Waals surface area contributed by atoms with E-state index in [0.717, 1.165) is 28.9 Å². The molecule has 0 aromatic heterocycles. The molecule has 1 fully saturated rings. The maximum absolute atomic E-state index is 13.1. The van der Waals surface area contributed by atoms with Crippen molar-refractivity contribution in [2.24, 2.45) is 5.92 Å². The molecule has 1 atom stereocenters. The molecule has 144 valence electrons. The number of hydrogen-bond donors (Lipinski definition) is 3. The molecule has 3 rings (SSSR count). The fraction of sp³-hybridized carbons (Fsp3) is 0.474. The lowest BCUT2D eigenvalue weighted by Gasteiger charge is -2.33. The van der Waals surface area contributed by atoms with Gasteiger partial charge in [-0.2, -0.15) is 0 Å². The molecule has 0 bridgehead atoms. The normalized spacial score (nSPS) is 21.2. The molecule has 1 unspecified atom stereocenters. The Labute approximate surface area is 157 Å². The number of carbonyl (C=O) groups is 4. The molecule has 8 nitrogen and oxygen atoms in total. The molecule has 6 amide bonds. The highest BCUT2D eigenvalue weighted by Crippen LogP contribution is 2.39. The van der Waals surface area contributed by atoms with Crippen LogP contribution in [-0.2, 0) is 21.5 Å². The second-order valence-electron chi connectivity index (χ2n) is 7.39. The fourth-order valence-corrected chi connectivity index (χ4v) is 3.61. The highest BCUT2D eigenvalue weighted by Gasteiger charge is 2.54. The van der Waals surface area contributed by atoms with Crippen molar-refractivity contribution in [1.82, 2.24) is 20.9 Å². The van der Waals surface area contributed by atoms with Crippen molar-refractivity contribution < 1.29 is 19.2 Å². The van der Waals surface area contributed by atoms with E-state index in [2.05, 4.69) is 16.0 Å². The van der Waals surface area contributed by atoms with Gasteiger partial charge in [0, 0.05) is 6.54 Å². The van der Waals surface area contributed by atoms with E-state index in [1.165, 1.54) is 0 Å². The minimum Gasteiger partial charge on any atom is -0.338 e. The molecule has 1 aromatic rings. The average Bonchev–Trinajstić information content (AvgIpc) is 2.85. The lowest BCUT2D eigenvalue weighted by molar-refractivity contribution is -0.135. The molecule has 1 saturated heterocycles. The first-order valence-corrected chi connectivity index (χ1v) is 9.13. The molecule has 8 heteroatoms. The summed E-state index contributed by atoms with van der Waals surface area (Å²) in [5.41, 5.74) is 0.690. The maximum atomic E-state index is 13.1. The van der Waals surface area contributed by atoms with Crippen LogP contribution in [0.25, 0.3) is 0 Å². The number of rotatable bonds is 4. The molecule has 2 aliphatic rings. The van der Waals surface area contributed by atoms with Crippen LogP contribution >= 0.6 is 0 Å². The van der Waals surface area contributed by atoms with Gasteiger partial charge in [-0.15, -0.1) is 0 Å². The second-order valence-corrected chi connectivity index (χ2v) is 7.39. The van der Waals surface area contributed by atoms with Crippen molar-refractivity contribution in [2.45, 2.75) is 38.6 Å². The van der Waals surface area contributed by atoms with Crippen LogP contribution in [0.2, 0.25) is 0 Å². The smallest absolute Gasteiger partial charge is 0.325 e. The van der Waals surface area contributed by atoms with E-state index in [4.69, 9.17) is 0 Å². The summed E-state index contributed by atoms with van der Waals surface area (Å²) in [5.74, 6) is -0.915. The monoisotopic (exact) mass is 372 g/mol. The first kappa shape index (κ1) is 18.9. The molecular formula is C19H24N4O4. The van der Waals surface area contributed by atoms with Gasteiger partial charge in [-0.25, -0.2) is 9.59 Å². The van der Waals surface area contributed by atoms with Crippen LogP contribution in [0, 0.1) is 5.92 Å². The van der Waals surface area contributed by atoms with Crippen molar-refractivity contribution in [3.05, 3.63) is 35.4 Å². The van der Waals surface area contributed by atoms with Gasteiger partial charge in [0.15, 0.2) is 0 Å². The molecule has 1 aromatic carbocycles. The average molecular weight is 372 g/mol. The zero-order valence-corrected chi connectivity index (χ0v) is 15.5. The first-order chi connectivity index (χ1) is 12.8. The quantitative estimate of drug-likeness (QED) is 0.691. The Kier molecular flexibility index (Phi) is 5.16. The van der Waals surface area contributed by atoms with Crippen molar-refractivity contribution in [3.63, 3.8) is 0 Å². The molecule has 1 spiro atoms. The maximum Gasteiger partial charge on any atom is 0.325 e. The minimum absolute atomic E-state index is 0.239. The van der Waals surface area contributed by atoms with Gasteiger partial charge >= 0.3 is 12.1 Å². The summed E-state index contributed by atoms with van der Waals surface area (Å²) in [7, 11) is 0. The Bertz CT molecular complexity index is 792. The van der Waals surface area contributed by atoms with Crippen LogP contribution in [0.15, 0.2) is 24.3 Å². The largest absolute Gasteiger partial charge is 0.338 e. The fourth-order valence-electron chi connectivity index (χ4n) is 3.61. The van der Waals surface area contributed by atoms with E-state index >= 15 is 0 Å². The first-order valence-electron chi connectivity index (χ1n) is 9.13. The van der Waals surface area contributed by atoms with Gasteiger partial charge in [-0.05, 0) is 36.3 Å². The van der Waals surface area contributed by atoms with Gasteiger partial charge in [0.2, 0.25) is 5.91 Å². The highest BCUT2D eigenvalue weighted by atomic mass is 16.2. The Morgan fingerprint density at radius 2 is 2.00 bits per heavy atom. The predicted molar refractivity (Wildman–Crippen MR) is 97.7 cm³/mol. The minimum atomic E-state index is -1.12. The summed E-state index contributed by atoms with van der Waals surface area (Å²) in [6.45, 7) is 3.78. The molecule has 1 aliphatic carbocycles. The third kappa shape index (κ3) is 3.65. The summed E-state index contributed by atoms with van der Waals surface area (Å²) < 4.78 is 0. The molecule has 1 heterocycles. The number of hydrogen-bond acceptors (Lipinski definition) is 4. The Morgan fingerprint density at radius 3 is 2.74 bits per heavy atom. The summed E-state index contributed by atoms with van der Waals surface area (Å²) in [6, 6.07) is 6.27. The molecule has 27 heavy (non-hydrogen) atoms. The van der Waals surface area contributed by atoms with Gasteiger partial charge in [0.1, 0.15) is 12.1 Å². The van der Waals surface area contributed by atoms with E-state index in [9.17, 15) is 19.2 Å². The number of fused-ring (bicyclic) bond motifs is 2. The summed E-state index contributed by atoms with van der Waals surface area (Å²) in [4.78, 5) is 50.2. The van der Waals surface area contributed by atoms with Crippen molar-refractivity contribution in [2.75, 3.05) is 13.1 Å². The molecule has 3 N–H and O–H groups in total. The lowest BCUT2D eigenvalue weighted by Crippen LogP contribution is -2.48. The lowest BCUT2D eigenvalue weighted by atomic mass is 9.76. The van der Waals surface area contributed by atoms with Crippen molar-refractivity contribution >= 4 is 23.9 Å². The third-order valence-corrected chi connectivity index (χ3v) is 4.88. The number of carbonyl (C=O) groups excluding carboxylic acids is 4. The molecule has 1 aliphatic heterocycles. The second kappa shape index (κ2) is 7.38. The van der Waals surface area contributed by atoms with E-state index in [1.807, 2.05) is 38.1 Å². The number of benzene rings is 1. The number of urea groups is 2.